The third kappa shape index (κ3) is 4.66. The number of benzene rings is 1. The van der Waals surface area contributed by atoms with Crippen molar-refractivity contribution < 1.29 is 14.3 Å². The van der Waals surface area contributed by atoms with Crippen LogP contribution in [0.4, 0.5) is 5.13 Å². The number of carbonyl (C=O) groups is 2. The minimum Gasteiger partial charge on any atom is -0.462 e. The van der Waals surface area contributed by atoms with Crippen molar-refractivity contribution in [3.8, 4) is 0 Å². The predicted molar refractivity (Wildman–Crippen MR) is 101 cm³/mol. The van der Waals surface area contributed by atoms with E-state index in [9.17, 15) is 9.59 Å². The molecule has 5 nitrogen and oxygen atoms in total. The van der Waals surface area contributed by atoms with Gasteiger partial charge in [-0.1, -0.05) is 42.4 Å². The van der Waals surface area contributed by atoms with Gasteiger partial charge in [0.15, 0.2) is 5.13 Å². The largest absolute Gasteiger partial charge is 0.462 e. The summed E-state index contributed by atoms with van der Waals surface area (Å²) in [5.74, 6) is -0.486. The molecule has 0 spiro atoms. The van der Waals surface area contributed by atoms with Crippen molar-refractivity contribution in [1.29, 1.82) is 0 Å². The number of hydrogen-bond donors (Lipinski definition) is 0. The van der Waals surface area contributed by atoms with E-state index in [1.165, 1.54) is 11.3 Å². The molecule has 0 fully saturated rings. The quantitative estimate of drug-likeness (QED) is 0.687. The lowest BCUT2D eigenvalue weighted by molar-refractivity contribution is 0.0531. The molecular weight excluding hydrogens is 336 g/mol. The Bertz CT molecular complexity index is 738. The summed E-state index contributed by atoms with van der Waals surface area (Å²) >= 11 is 1.21. The second-order valence-corrected chi connectivity index (χ2v) is 6.79. The van der Waals surface area contributed by atoms with Crippen LogP contribution in [0.3, 0.4) is 0 Å². The molecule has 0 radical (unpaired) electrons. The summed E-state index contributed by atoms with van der Waals surface area (Å²) in [6.45, 7) is 8.47. The summed E-state index contributed by atoms with van der Waals surface area (Å²) in [6, 6.07) is 7.48. The van der Waals surface area contributed by atoms with Gasteiger partial charge < -0.3 is 4.74 Å². The number of esters is 1. The molecule has 1 aromatic carbocycles. The van der Waals surface area contributed by atoms with Crippen LogP contribution in [-0.4, -0.2) is 30.0 Å². The normalized spacial score (nSPS) is 10.6. The molecule has 0 N–H and O–H groups in total. The van der Waals surface area contributed by atoms with Gasteiger partial charge in [-0.25, -0.2) is 9.78 Å². The van der Waals surface area contributed by atoms with Crippen LogP contribution in [0.2, 0.25) is 0 Å². The van der Waals surface area contributed by atoms with Crippen LogP contribution in [0.25, 0.3) is 0 Å². The Balaban J connectivity index is 2.34. The van der Waals surface area contributed by atoms with Crippen LogP contribution in [0.15, 0.2) is 24.3 Å². The maximum atomic E-state index is 13.0. The maximum Gasteiger partial charge on any atom is 0.350 e. The molecule has 1 aromatic heterocycles. The minimum absolute atomic E-state index is 0.0994. The number of amides is 1. The lowest BCUT2D eigenvalue weighted by Crippen LogP contribution is -2.31. The molecule has 134 valence electrons. The summed E-state index contributed by atoms with van der Waals surface area (Å²) in [4.78, 5) is 31.6. The Morgan fingerprint density at radius 3 is 2.44 bits per heavy atom. The van der Waals surface area contributed by atoms with Gasteiger partial charge in [0.1, 0.15) is 4.88 Å². The number of carbonyl (C=O) groups excluding carboxylic acids is 2. The number of rotatable bonds is 7. The first-order valence-electron chi connectivity index (χ1n) is 8.51. The first-order chi connectivity index (χ1) is 12.0. The molecule has 0 bridgehead atoms. The fourth-order valence-corrected chi connectivity index (χ4v) is 3.32. The lowest BCUT2D eigenvalue weighted by atomic mass is 10.1. The van der Waals surface area contributed by atoms with Gasteiger partial charge in [0.2, 0.25) is 0 Å². The van der Waals surface area contributed by atoms with Crippen LogP contribution < -0.4 is 4.90 Å². The Morgan fingerprint density at radius 1 is 1.16 bits per heavy atom. The molecule has 1 heterocycles. The SMILES string of the molecule is CCCCN(C(=O)c1ccc(C)cc1)c1nc(C)c(C(=O)OCC)s1. The van der Waals surface area contributed by atoms with Crippen molar-refractivity contribution in [3.05, 3.63) is 46.0 Å². The molecule has 6 heteroatoms. The number of aromatic nitrogens is 1. The fourth-order valence-electron chi connectivity index (χ4n) is 2.34. The van der Waals surface area contributed by atoms with Crippen LogP contribution in [0.1, 0.15) is 58.0 Å². The van der Waals surface area contributed by atoms with Gasteiger partial charge in [0.25, 0.3) is 5.91 Å². The van der Waals surface area contributed by atoms with E-state index >= 15 is 0 Å². The number of unbranched alkanes of at least 4 members (excludes halogenated alkanes) is 1. The zero-order valence-electron chi connectivity index (χ0n) is 15.2. The molecule has 0 aliphatic heterocycles. The molecule has 0 atom stereocenters. The smallest absolute Gasteiger partial charge is 0.350 e. The summed E-state index contributed by atoms with van der Waals surface area (Å²) in [6.07, 6.45) is 1.83. The van der Waals surface area contributed by atoms with Crippen molar-refractivity contribution in [1.82, 2.24) is 4.98 Å². The third-order valence-electron chi connectivity index (χ3n) is 3.76. The molecule has 0 saturated carbocycles. The van der Waals surface area contributed by atoms with E-state index in [1.807, 2.05) is 31.2 Å². The van der Waals surface area contributed by atoms with Crippen LogP contribution in [-0.2, 0) is 4.74 Å². The van der Waals surface area contributed by atoms with E-state index in [-0.39, 0.29) is 11.9 Å². The van der Waals surface area contributed by atoms with Gasteiger partial charge >= 0.3 is 5.97 Å². The summed E-state index contributed by atoms with van der Waals surface area (Å²) in [5.41, 5.74) is 2.32. The first kappa shape index (κ1) is 19.1. The van der Waals surface area contributed by atoms with E-state index in [4.69, 9.17) is 4.74 Å². The zero-order valence-corrected chi connectivity index (χ0v) is 16.0. The molecular formula is C19H24N2O3S. The third-order valence-corrected chi connectivity index (χ3v) is 4.92. The Morgan fingerprint density at radius 2 is 1.84 bits per heavy atom. The molecule has 2 aromatic rings. The fraction of sp³-hybridized carbons (Fsp3) is 0.421. The summed E-state index contributed by atoms with van der Waals surface area (Å²) in [7, 11) is 0. The summed E-state index contributed by atoms with van der Waals surface area (Å²) < 4.78 is 5.07. The standard InChI is InChI=1S/C19H24N2O3S/c1-5-7-12-21(17(22)15-10-8-13(3)9-11-15)19-20-14(4)16(25-19)18(23)24-6-2/h8-11H,5-7,12H2,1-4H3. The van der Waals surface area contributed by atoms with E-state index in [2.05, 4.69) is 11.9 Å². The molecule has 0 aliphatic carbocycles. The Hall–Kier alpha value is -2.21. The second kappa shape index (κ2) is 8.76. The van der Waals surface area contributed by atoms with Crippen molar-refractivity contribution in [2.75, 3.05) is 18.1 Å². The van der Waals surface area contributed by atoms with Gasteiger partial charge in [0, 0.05) is 12.1 Å². The molecule has 0 saturated heterocycles. The van der Waals surface area contributed by atoms with E-state index in [0.717, 1.165) is 18.4 Å². The van der Waals surface area contributed by atoms with Crippen LogP contribution in [0, 0.1) is 13.8 Å². The van der Waals surface area contributed by atoms with E-state index in [1.54, 1.807) is 18.7 Å². The van der Waals surface area contributed by atoms with Gasteiger partial charge in [0.05, 0.1) is 12.3 Å². The number of hydrogen-bond acceptors (Lipinski definition) is 5. The molecule has 25 heavy (non-hydrogen) atoms. The Labute approximate surface area is 152 Å². The van der Waals surface area contributed by atoms with E-state index in [0.29, 0.717) is 34.4 Å². The van der Waals surface area contributed by atoms with Crippen molar-refractivity contribution >= 4 is 28.3 Å². The highest BCUT2D eigenvalue weighted by Gasteiger charge is 2.24. The summed E-state index contributed by atoms with van der Waals surface area (Å²) in [5, 5.41) is 0.541. The number of aryl methyl sites for hydroxylation is 2. The van der Waals surface area contributed by atoms with Gasteiger partial charge in [-0.2, -0.15) is 0 Å². The minimum atomic E-state index is -0.387. The highest BCUT2D eigenvalue weighted by Crippen LogP contribution is 2.28. The Kier molecular flexibility index (Phi) is 6.70. The number of thiazole rings is 1. The second-order valence-electron chi connectivity index (χ2n) is 5.81. The van der Waals surface area contributed by atoms with Gasteiger partial charge in [-0.3, -0.25) is 9.69 Å². The lowest BCUT2D eigenvalue weighted by Gasteiger charge is -2.19. The maximum absolute atomic E-state index is 13.0. The van der Waals surface area contributed by atoms with Crippen molar-refractivity contribution in [3.63, 3.8) is 0 Å². The number of anilines is 1. The molecule has 0 unspecified atom stereocenters. The molecule has 2 rings (SSSR count). The van der Waals surface area contributed by atoms with Crippen LogP contribution in [0.5, 0.6) is 0 Å². The average Bonchev–Trinajstić information content (AvgIpc) is 2.97. The molecule has 0 aliphatic rings. The van der Waals surface area contributed by atoms with Crippen LogP contribution >= 0.6 is 11.3 Å². The number of ether oxygens (including phenoxy) is 1. The topological polar surface area (TPSA) is 59.5 Å². The van der Waals surface area contributed by atoms with E-state index < -0.39 is 0 Å². The highest BCUT2D eigenvalue weighted by atomic mass is 32.1. The predicted octanol–water partition coefficient (Wildman–Crippen LogP) is 4.38. The number of nitrogens with zero attached hydrogens (tertiary/aromatic N) is 2. The average molecular weight is 360 g/mol. The monoisotopic (exact) mass is 360 g/mol. The van der Waals surface area contributed by atoms with Crippen molar-refractivity contribution in [2.24, 2.45) is 0 Å². The van der Waals surface area contributed by atoms with Crippen molar-refractivity contribution in [2.45, 2.75) is 40.5 Å². The first-order valence-corrected chi connectivity index (χ1v) is 9.32. The molecule has 1 amide bonds. The van der Waals surface area contributed by atoms with Gasteiger partial charge in [-0.05, 0) is 39.3 Å². The van der Waals surface area contributed by atoms with Gasteiger partial charge in [-0.15, -0.1) is 0 Å². The highest BCUT2D eigenvalue weighted by molar-refractivity contribution is 7.17. The zero-order chi connectivity index (χ0) is 18.4.